The van der Waals surface area contributed by atoms with Crippen molar-refractivity contribution in [2.24, 2.45) is 0 Å². The Morgan fingerprint density at radius 3 is 2.57 bits per heavy atom. The zero-order chi connectivity index (χ0) is 9.97. The third-order valence-electron chi connectivity index (χ3n) is 1.86. The Morgan fingerprint density at radius 1 is 1.29 bits per heavy atom. The molecule has 0 aliphatic heterocycles. The lowest BCUT2D eigenvalue weighted by Crippen LogP contribution is -1.88. The first-order chi connectivity index (χ1) is 6.74. The standard InChI is InChI=1S/C10H9BrN2S/c11-9-6-13-10(14-9)5-7-1-3-8(12)4-2-7/h1-4,6H,5,12H2. The van der Waals surface area contributed by atoms with Crippen molar-refractivity contribution in [2.45, 2.75) is 6.42 Å². The minimum atomic E-state index is 0.800. The number of nitrogens with zero attached hydrogens (tertiary/aromatic N) is 1. The summed E-state index contributed by atoms with van der Waals surface area (Å²) >= 11 is 5.05. The van der Waals surface area contributed by atoms with Gasteiger partial charge >= 0.3 is 0 Å². The Labute approximate surface area is 94.9 Å². The largest absolute Gasteiger partial charge is 0.399 e. The van der Waals surface area contributed by atoms with Crippen molar-refractivity contribution in [3.63, 3.8) is 0 Å². The topological polar surface area (TPSA) is 38.9 Å². The minimum absolute atomic E-state index is 0.800. The van der Waals surface area contributed by atoms with Gasteiger partial charge in [0.2, 0.25) is 0 Å². The van der Waals surface area contributed by atoms with E-state index in [9.17, 15) is 0 Å². The SMILES string of the molecule is Nc1ccc(Cc2ncc(Br)s2)cc1. The third kappa shape index (κ3) is 2.33. The highest BCUT2D eigenvalue weighted by molar-refractivity contribution is 9.11. The van der Waals surface area contributed by atoms with Crippen molar-refractivity contribution in [1.29, 1.82) is 0 Å². The molecule has 0 saturated heterocycles. The van der Waals surface area contributed by atoms with Crippen LogP contribution in [0.1, 0.15) is 10.6 Å². The van der Waals surface area contributed by atoms with Crippen LogP contribution in [0.25, 0.3) is 0 Å². The van der Waals surface area contributed by atoms with Crippen molar-refractivity contribution >= 4 is 33.0 Å². The van der Waals surface area contributed by atoms with E-state index in [1.807, 2.05) is 30.5 Å². The highest BCUT2D eigenvalue weighted by Crippen LogP contribution is 2.21. The average molecular weight is 269 g/mol. The van der Waals surface area contributed by atoms with Crippen molar-refractivity contribution in [2.75, 3.05) is 5.73 Å². The van der Waals surface area contributed by atoms with Gasteiger partial charge in [-0.3, -0.25) is 0 Å². The van der Waals surface area contributed by atoms with Crippen LogP contribution in [0.2, 0.25) is 0 Å². The smallest absolute Gasteiger partial charge is 0.0980 e. The summed E-state index contributed by atoms with van der Waals surface area (Å²) in [5.74, 6) is 0. The first-order valence-electron chi connectivity index (χ1n) is 4.18. The van der Waals surface area contributed by atoms with Crippen LogP contribution in [0.3, 0.4) is 0 Å². The summed E-state index contributed by atoms with van der Waals surface area (Å²) in [4.78, 5) is 4.27. The number of nitrogen functional groups attached to an aromatic ring is 1. The molecule has 0 radical (unpaired) electrons. The number of hydrogen-bond acceptors (Lipinski definition) is 3. The van der Waals surface area contributed by atoms with Gasteiger partial charge in [0.15, 0.2) is 0 Å². The number of aromatic nitrogens is 1. The second-order valence-corrected chi connectivity index (χ2v) is 5.47. The first kappa shape index (κ1) is 9.68. The van der Waals surface area contributed by atoms with Gasteiger partial charge in [0.1, 0.15) is 0 Å². The molecule has 14 heavy (non-hydrogen) atoms. The average Bonchev–Trinajstić information content (AvgIpc) is 2.56. The van der Waals surface area contributed by atoms with E-state index in [-0.39, 0.29) is 0 Å². The molecule has 72 valence electrons. The highest BCUT2D eigenvalue weighted by atomic mass is 79.9. The fourth-order valence-corrected chi connectivity index (χ4v) is 2.52. The van der Waals surface area contributed by atoms with Gasteiger partial charge in [0.25, 0.3) is 0 Å². The number of halogens is 1. The number of anilines is 1. The van der Waals surface area contributed by atoms with Crippen LogP contribution >= 0.6 is 27.3 Å². The predicted molar refractivity (Wildman–Crippen MR) is 63.5 cm³/mol. The zero-order valence-corrected chi connectivity index (χ0v) is 9.81. The van der Waals surface area contributed by atoms with Crippen LogP contribution in [-0.2, 0) is 6.42 Å². The third-order valence-corrected chi connectivity index (χ3v) is 3.34. The Balaban J connectivity index is 2.15. The van der Waals surface area contributed by atoms with Gasteiger partial charge < -0.3 is 5.73 Å². The Hall–Kier alpha value is -0.870. The van der Waals surface area contributed by atoms with Gasteiger partial charge in [0, 0.05) is 12.1 Å². The van der Waals surface area contributed by atoms with Crippen LogP contribution in [-0.4, -0.2) is 4.98 Å². The molecule has 0 aliphatic carbocycles. The van der Waals surface area contributed by atoms with Gasteiger partial charge in [-0.2, -0.15) is 0 Å². The van der Waals surface area contributed by atoms with Gasteiger partial charge in [-0.15, -0.1) is 11.3 Å². The lowest BCUT2D eigenvalue weighted by Gasteiger charge is -1.98. The molecule has 2 N–H and O–H groups in total. The second kappa shape index (κ2) is 4.11. The van der Waals surface area contributed by atoms with E-state index in [1.165, 1.54) is 5.56 Å². The number of thiazole rings is 1. The quantitative estimate of drug-likeness (QED) is 0.851. The molecule has 0 spiro atoms. The summed E-state index contributed by atoms with van der Waals surface area (Å²) in [6, 6.07) is 7.89. The van der Waals surface area contributed by atoms with E-state index in [2.05, 4.69) is 20.9 Å². The van der Waals surface area contributed by atoms with Crippen LogP contribution in [0.5, 0.6) is 0 Å². The lowest BCUT2D eigenvalue weighted by atomic mass is 10.1. The van der Waals surface area contributed by atoms with Crippen molar-refractivity contribution in [1.82, 2.24) is 4.98 Å². The van der Waals surface area contributed by atoms with Gasteiger partial charge in [0.05, 0.1) is 15.0 Å². The molecule has 0 aliphatic rings. The molecule has 1 aromatic carbocycles. The molecule has 0 unspecified atom stereocenters. The molecule has 2 nitrogen and oxygen atoms in total. The maximum Gasteiger partial charge on any atom is 0.0980 e. The van der Waals surface area contributed by atoms with E-state index in [4.69, 9.17) is 5.73 Å². The molecule has 0 atom stereocenters. The van der Waals surface area contributed by atoms with Crippen LogP contribution in [0.4, 0.5) is 5.69 Å². The number of hydrogen-bond donors (Lipinski definition) is 1. The van der Waals surface area contributed by atoms with Crippen molar-refractivity contribution in [3.8, 4) is 0 Å². The van der Waals surface area contributed by atoms with Gasteiger partial charge in [-0.25, -0.2) is 4.98 Å². The zero-order valence-electron chi connectivity index (χ0n) is 7.40. The molecule has 4 heteroatoms. The molecule has 0 saturated carbocycles. The first-order valence-corrected chi connectivity index (χ1v) is 5.79. The molecule has 2 rings (SSSR count). The van der Waals surface area contributed by atoms with E-state index in [0.29, 0.717) is 0 Å². The number of benzene rings is 1. The minimum Gasteiger partial charge on any atom is -0.399 e. The van der Waals surface area contributed by atoms with E-state index in [0.717, 1.165) is 20.9 Å². The molecular formula is C10H9BrN2S. The fraction of sp³-hybridized carbons (Fsp3) is 0.100. The van der Waals surface area contributed by atoms with Crippen molar-refractivity contribution < 1.29 is 0 Å². The van der Waals surface area contributed by atoms with Crippen LogP contribution in [0.15, 0.2) is 34.2 Å². The van der Waals surface area contributed by atoms with E-state index in [1.54, 1.807) is 11.3 Å². The second-order valence-electron chi connectivity index (χ2n) is 2.98. The summed E-state index contributed by atoms with van der Waals surface area (Å²) in [6.45, 7) is 0. The summed E-state index contributed by atoms with van der Waals surface area (Å²) in [6.07, 6.45) is 2.70. The molecule has 1 aromatic heterocycles. The summed E-state index contributed by atoms with van der Waals surface area (Å²) < 4.78 is 1.07. The molecular weight excluding hydrogens is 260 g/mol. The normalized spacial score (nSPS) is 10.4. The van der Waals surface area contributed by atoms with E-state index >= 15 is 0 Å². The molecule has 0 amide bonds. The highest BCUT2D eigenvalue weighted by Gasteiger charge is 2.00. The molecule has 0 fully saturated rings. The van der Waals surface area contributed by atoms with Gasteiger partial charge in [-0.1, -0.05) is 12.1 Å². The lowest BCUT2D eigenvalue weighted by molar-refractivity contribution is 1.14. The van der Waals surface area contributed by atoms with Crippen LogP contribution in [0, 0.1) is 0 Å². The predicted octanol–water partition coefficient (Wildman–Crippen LogP) is 3.08. The summed E-state index contributed by atoms with van der Waals surface area (Å²) in [5.41, 5.74) is 7.64. The molecule has 0 bridgehead atoms. The number of nitrogens with two attached hydrogens (primary N) is 1. The Morgan fingerprint density at radius 2 is 2.00 bits per heavy atom. The summed E-state index contributed by atoms with van der Waals surface area (Å²) in [5, 5.41) is 1.11. The summed E-state index contributed by atoms with van der Waals surface area (Å²) in [7, 11) is 0. The van der Waals surface area contributed by atoms with Crippen LogP contribution < -0.4 is 5.73 Å². The fourth-order valence-electron chi connectivity index (χ4n) is 1.18. The maximum atomic E-state index is 5.60. The van der Waals surface area contributed by atoms with E-state index < -0.39 is 0 Å². The molecule has 1 heterocycles. The maximum absolute atomic E-state index is 5.60. The van der Waals surface area contributed by atoms with Gasteiger partial charge in [-0.05, 0) is 33.6 Å². The monoisotopic (exact) mass is 268 g/mol. The Kier molecular flexibility index (Phi) is 2.84. The molecule has 2 aromatic rings. The Bertz CT molecular complexity index is 422. The van der Waals surface area contributed by atoms with Crippen molar-refractivity contribution in [3.05, 3.63) is 44.8 Å². The number of rotatable bonds is 2.